The fourth-order valence-electron chi connectivity index (χ4n) is 1.79. The van der Waals surface area contributed by atoms with E-state index in [2.05, 4.69) is 24.8 Å². The molecule has 0 amide bonds. The van der Waals surface area contributed by atoms with E-state index < -0.39 is 0 Å². The summed E-state index contributed by atoms with van der Waals surface area (Å²) in [6.45, 7) is 6.56. The fraction of sp³-hybridized carbons (Fsp3) is 0.800. The summed E-state index contributed by atoms with van der Waals surface area (Å²) in [5.41, 5.74) is 0. The average Bonchev–Trinajstić information content (AvgIpc) is 2.10. The van der Waals surface area contributed by atoms with Crippen LogP contribution in [-0.2, 0) is 0 Å². The van der Waals surface area contributed by atoms with E-state index in [1.807, 2.05) is 6.08 Å². The van der Waals surface area contributed by atoms with E-state index in [9.17, 15) is 5.11 Å². The summed E-state index contributed by atoms with van der Waals surface area (Å²) in [7, 11) is 0. The molecular weight excluding hydrogens is 150 g/mol. The molecule has 70 valence electrons. The van der Waals surface area contributed by atoms with Gasteiger partial charge in [0.2, 0.25) is 0 Å². The molecule has 0 aromatic rings. The molecule has 0 radical (unpaired) electrons. The number of rotatable bonds is 3. The monoisotopic (exact) mass is 169 g/mol. The maximum Gasteiger partial charge on any atom is 0.0722 e. The molecule has 0 aromatic heterocycles. The van der Waals surface area contributed by atoms with E-state index in [1.165, 1.54) is 0 Å². The first-order valence-corrected chi connectivity index (χ1v) is 4.88. The Balaban J connectivity index is 2.47. The number of nitrogens with zero attached hydrogens (tertiary/aromatic N) is 1. The normalized spacial score (nSPS) is 29.7. The number of likely N-dealkylation sites (N-methyl/N-ethyl adjacent to an activating group) is 1. The van der Waals surface area contributed by atoms with Gasteiger partial charge in [-0.1, -0.05) is 26.0 Å². The highest BCUT2D eigenvalue weighted by Crippen LogP contribution is 2.16. The lowest BCUT2D eigenvalue weighted by Crippen LogP contribution is -2.36. The quantitative estimate of drug-likeness (QED) is 0.646. The largest absolute Gasteiger partial charge is 0.389 e. The van der Waals surface area contributed by atoms with Gasteiger partial charge in [0.1, 0.15) is 0 Å². The molecule has 2 nitrogen and oxygen atoms in total. The van der Waals surface area contributed by atoms with Gasteiger partial charge < -0.3 is 5.11 Å². The molecule has 1 aliphatic rings. The molecule has 0 saturated carbocycles. The van der Waals surface area contributed by atoms with Gasteiger partial charge in [-0.25, -0.2) is 0 Å². The van der Waals surface area contributed by atoms with E-state index in [4.69, 9.17) is 0 Å². The second-order valence-electron chi connectivity index (χ2n) is 3.32. The molecule has 0 aromatic carbocycles. The molecule has 1 rings (SSSR count). The van der Waals surface area contributed by atoms with Crippen molar-refractivity contribution in [1.29, 1.82) is 0 Å². The minimum atomic E-state index is -0.197. The predicted octanol–water partition coefficient (Wildman–Crippen LogP) is 1.41. The third kappa shape index (κ3) is 2.32. The van der Waals surface area contributed by atoms with Gasteiger partial charge in [0.05, 0.1) is 6.10 Å². The van der Waals surface area contributed by atoms with E-state index in [-0.39, 0.29) is 6.10 Å². The third-order valence-corrected chi connectivity index (χ3v) is 2.59. The molecule has 2 heteroatoms. The van der Waals surface area contributed by atoms with Crippen LogP contribution in [0.25, 0.3) is 0 Å². The second-order valence-corrected chi connectivity index (χ2v) is 3.32. The van der Waals surface area contributed by atoms with Gasteiger partial charge in [-0.3, -0.25) is 4.90 Å². The molecule has 0 aliphatic heterocycles. The molecule has 0 fully saturated rings. The van der Waals surface area contributed by atoms with E-state index in [0.717, 1.165) is 25.9 Å². The van der Waals surface area contributed by atoms with Crippen LogP contribution >= 0.6 is 0 Å². The van der Waals surface area contributed by atoms with Gasteiger partial charge in [-0.05, 0) is 25.9 Å². The highest BCUT2D eigenvalue weighted by molar-refractivity contribution is 5.02. The highest BCUT2D eigenvalue weighted by Gasteiger charge is 2.17. The summed E-state index contributed by atoms with van der Waals surface area (Å²) in [6.07, 6.45) is 5.88. The van der Waals surface area contributed by atoms with E-state index in [0.29, 0.717) is 6.04 Å². The van der Waals surface area contributed by atoms with Crippen LogP contribution in [0.2, 0.25) is 0 Å². The van der Waals surface area contributed by atoms with Crippen molar-refractivity contribution in [2.45, 2.75) is 38.8 Å². The minimum Gasteiger partial charge on any atom is -0.389 e. The Hall–Kier alpha value is -0.340. The molecular formula is C10H19NO. The van der Waals surface area contributed by atoms with Crippen molar-refractivity contribution in [1.82, 2.24) is 4.90 Å². The first-order chi connectivity index (χ1) is 5.77. The Labute approximate surface area is 74.9 Å². The zero-order valence-electron chi connectivity index (χ0n) is 8.03. The highest BCUT2D eigenvalue weighted by atomic mass is 16.3. The SMILES string of the molecule is CCN(CC)[C@H]1C=C[C@H](O)CC1. The van der Waals surface area contributed by atoms with Gasteiger partial charge in [-0.2, -0.15) is 0 Å². The van der Waals surface area contributed by atoms with Crippen molar-refractivity contribution in [3.8, 4) is 0 Å². The van der Waals surface area contributed by atoms with Gasteiger partial charge in [0, 0.05) is 6.04 Å². The predicted molar refractivity (Wildman–Crippen MR) is 51.1 cm³/mol. The lowest BCUT2D eigenvalue weighted by Gasteiger charge is -2.30. The maximum atomic E-state index is 9.25. The van der Waals surface area contributed by atoms with Crippen LogP contribution in [-0.4, -0.2) is 35.2 Å². The Bertz CT molecular complexity index is 152. The molecule has 1 aliphatic carbocycles. The zero-order valence-corrected chi connectivity index (χ0v) is 8.03. The topological polar surface area (TPSA) is 23.5 Å². The molecule has 0 bridgehead atoms. The molecule has 0 spiro atoms. The number of aliphatic hydroxyl groups excluding tert-OH is 1. The van der Waals surface area contributed by atoms with Crippen LogP contribution in [0.5, 0.6) is 0 Å². The maximum absolute atomic E-state index is 9.25. The van der Waals surface area contributed by atoms with Gasteiger partial charge in [0.25, 0.3) is 0 Å². The van der Waals surface area contributed by atoms with Crippen LogP contribution in [0.15, 0.2) is 12.2 Å². The van der Waals surface area contributed by atoms with Crippen LogP contribution in [0.1, 0.15) is 26.7 Å². The van der Waals surface area contributed by atoms with Crippen LogP contribution < -0.4 is 0 Å². The van der Waals surface area contributed by atoms with Gasteiger partial charge in [0.15, 0.2) is 0 Å². The van der Waals surface area contributed by atoms with Gasteiger partial charge >= 0.3 is 0 Å². The minimum absolute atomic E-state index is 0.197. The molecule has 0 heterocycles. The van der Waals surface area contributed by atoms with Crippen LogP contribution in [0, 0.1) is 0 Å². The molecule has 2 atom stereocenters. The fourth-order valence-corrected chi connectivity index (χ4v) is 1.79. The molecule has 0 unspecified atom stereocenters. The van der Waals surface area contributed by atoms with Crippen molar-refractivity contribution in [2.24, 2.45) is 0 Å². The van der Waals surface area contributed by atoms with E-state index >= 15 is 0 Å². The lowest BCUT2D eigenvalue weighted by molar-refractivity contribution is 0.166. The van der Waals surface area contributed by atoms with Crippen molar-refractivity contribution < 1.29 is 5.11 Å². The number of hydrogen-bond donors (Lipinski definition) is 1. The second kappa shape index (κ2) is 4.63. The van der Waals surface area contributed by atoms with Crippen molar-refractivity contribution >= 4 is 0 Å². The standard InChI is InChI=1S/C10H19NO/c1-3-11(4-2)9-5-7-10(12)8-6-9/h5,7,9-10,12H,3-4,6,8H2,1-2H3/t9-,10-/m0/s1. The van der Waals surface area contributed by atoms with Crippen molar-refractivity contribution in [3.05, 3.63) is 12.2 Å². The van der Waals surface area contributed by atoms with Crippen molar-refractivity contribution in [2.75, 3.05) is 13.1 Å². The third-order valence-electron chi connectivity index (χ3n) is 2.59. The van der Waals surface area contributed by atoms with E-state index in [1.54, 1.807) is 0 Å². The number of aliphatic hydroxyl groups is 1. The van der Waals surface area contributed by atoms with Crippen molar-refractivity contribution in [3.63, 3.8) is 0 Å². The first-order valence-electron chi connectivity index (χ1n) is 4.88. The Morgan fingerprint density at radius 2 is 1.92 bits per heavy atom. The summed E-state index contributed by atoms with van der Waals surface area (Å²) in [6, 6.07) is 0.559. The molecule has 1 N–H and O–H groups in total. The zero-order chi connectivity index (χ0) is 8.97. The molecule has 0 saturated heterocycles. The van der Waals surface area contributed by atoms with Crippen LogP contribution in [0.3, 0.4) is 0 Å². The lowest BCUT2D eigenvalue weighted by atomic mass is 9.99. The van der Waals surface area contributed by atoms with Crippen LogP contribution in [0.4, 0.5) is 0 Å². The number of hydrogen-bond acceptors (Lipinski definition) is 2. The Kier molecular flexibility index (Phi) is 3.76. The Morgan fingerprint density at radius 3 is 2.33 bits per heavy atom. The Morgan fingerprint density at radius 1 is 1.25 bits per heavy atom. The summed E-state index contributed by atoms with van der Waals surface area (Å²) >= 11 is 0. The summed E-state index contributed by atoms with van der Waals surface area (Å²) in [4.78, 5) is 2.42. The average molecular weight is 169 g/mol. The summed E-state index contributed by atoms with van der Waals surface area (Å²) in [5, 5.41) is 9.25. The smallest absolute Gasteiger partial charge is 0.0722 e. The summed E-state index contributed by atoms with van der Waals surface area (Å²) < 4.78 is 0. The van der Waals surface area contributed by atoms with Gasteiger partial charge in [-0.15, -0.1) is 0 Å². The first kappa shape index (κ1) is 9.75. The summed E-state index contributed by atoms with van der Waals surface area (Å²) in [5.74, 6) is 0. The molecule has 12 heavy (non-hydrogen) atoms.